The van der Waals surface area contributed by atoms with Crippen molar-refractivity contribution in [1.82, 2.24) is 25.0 Å². The van der Waals surface area contributed by atoms with Crippen LogP contribution in [0.25, 0.3) is 11.0 Å². The number of fused-ring (bicyclic) bond motifs is 1. The average molecular weight is 442 g/mol. The summed E-state index contributed by atoms with van der Waals surface area (Å²) >= 11 is 0. The lowest BCUT2D eigenvalue weighted by molar-refractivity contribution is -0.0292. The predicted octanol–water partition coefficient (Wildman–Crippen LogP) is 3.11. The molecule has 5 rings (SSSR count). The first-order valence-electron chi connectivity index (χ1n) is 11.3. The quantitative estimate of drug-likeness (QED) is 0.477. The van der Waals surface area contributed by atoms with E-state index in [9.17, 15) is 4.79 Å². The largest absolute Gasteiger partial charge is 0.374 e. The van der Waals surface area contributed by atoms with Gasteiger partial charge in [-0.05, 0) is 17.2 Å². The van der Waals surface area contributed by atoms with Crippen LogP contribution >= 0.6 is 0 Å². The van der Waals surface area contributed by atoms with E-state index in [0.29, 0.717) is 25.3 Å². The van der Waals surface area contributed by atoms with Crippen molar-refractivity contribution in [3.8, 4) is 0 Å². The topological polar surface area (TPSA) is 72.3 Å². The lowest BCUT2D eigenvalue weighted by Crippen LogP contribution is -2.47. The first-order chi connectivity index (χ1) is 16.2. The summed E-state index contributed by atoms with van der Waals surface area (Å²) in [6.07, 6.45) is 3.34. The zero-order valence-corrected chi connectivity index (χ0v) is 18.4. The molecule has 1 amide bonds. The fourth-order valence-corrected chi connectivity index (χ4v) is 4.17. The summed E-state index contributed by atoms with van der Waals surface area (Å²) in [4.78, 5) is 19.6. The third kappa shape index (κ3) is 5.27. The molecule has 7 heteroatoms. The number of rotatable bonds is 7. The van der Waals surface area contributed by atoms with Gasteiger partial charge in [0.2, 0.25) is 0 Å². The SMILES string of the molecule is O=C(NC[C@@H]1CN(Cc2ccccc2)CCO1)c1cnc2c(cnn2Cc2ccccc2)c1. The lowest BCUT2D eigenvalue weighted by atomic mass is 10.2. The molecule has 0 unspecified atom stereocenters. The first kappa shape index (κ1) is 21.3. The summed E-state index contributed by atoms with van der Waals surface area (Å²) in [6.45, 7) is 4.35. The second-order valence-corrected chi connectivity index (χ2v) is 8.35. The van der Waals surface area contributed by atoms with Crippen LogP contribution in [0.15, 0.2) is 79.1 Å². The molecule has 1 N–H and O–H groups in total. The fourth-order valence-electron chi connectivity index (χ4n) is 4.17. The number of morpholine rings is 1. The Kier molecular flexibility index (Phi) is 6.41. The standard InChI is InChI=1S/C26H27N5O2/c32-26(28-16-24-19-30(11-12-33-24)17-20-7-3-1-4-8-20)23-13-22-15-29-31(25(22)27-14-23)18-21-9-5-2-6-10-21/h1-10,13-15,24H,11-12,16-19H2,(H,28,32)/t24-/m1/s1. The van der Waals surface area contributed by atoms with Gasteiger partial charge in [0.05, 0.1) is 31.0 Å². The van der Waals surface area contributed by atoms with Crippen molar-refractivity contribution in [2.45, 2.75) is 19.2 Å². The van der Waals surface area contributed by atoms with Gasteiger partial charge in [-0.25, -0.2) is 9.67 Å². The second kappa shape index (κ2) is 9.94. The molecule has 0 radical (unpaired) electrons. The van der Waals surface area contributed by atoms with Crippen LogP contribution in [0.2, 0.25) is 0 Å². The van der Waals surface area contributed by atoms with Crippen LogP contribution in [0, 0.1) is 0 Å². The Hall–Kier alpha value is -3.55. The van der Waals surface area contributed by atoms with Gasteiger partial charge in [0.25, 0.3) is 5.91 Å². The van der Waals surface area contributed by atoms with E-state index < -0.39 is 0 Å². The fraction of sp³-hybridized carbons (Fsp3) is 0.269. The molecule has 1 saturated heterocycles. The number of benzene rings is 2. The molecular weight excluding hydrogens is 414 g/mol. The van der Waals surface area contributed by atoms with Gasteiger partial charge in [0, 0.05) is 37.8 Å². The van der Waals surface area contributed by atoms with Crippen molar-refractivity contribution in [3.05, 3.63) is 95.8 Å². The molecule has 2 aromatic heterocycles. The molecular formula is C26H27N5O2. The summed E-state index contributed by atoms with van der Waals surface area (Å²) in [7, 11) is 0. The maximum atomic E-state index is 12.8. The van der Waals surface area contributed by atoms with Crippen LogP contribution in [0.3, 0.4) is 0 Å². The number of carbonyl (C=O) groups excluding carboxylic acids is 1. The molecule has 1 aliphatic rings. The van der Waals surface area contributed by atoms with Crippen LogP contribution < -0.4 is 5.32 Å². The number of aromatic nitrogens is 3. The van der Waals surface area contributed by atoms with Crippen molar-refractivity contribution in [3.63, 3.8) is 0 Å². The Labute approximate surface area is 193 Å². The highest BCUT2D eigenvalue weighted by atomic mass is 16.5. The van der Waals surface area contributed by atoms with E-state index in [2.05, 4.69) is 56.7 Å². The minimum atomic E-state index is -0.149. The van der Waals surface area contributed by atoms with E-state index in [-0.39, 0.29) is 12.0 Å². The van der Waals surface area contributed by atoms with Crippen molar-refractivity contribution in [1.29, 1.82) is 0 Å². The smallest absolute Gasteiger partial charge is 0.252 e. The number of amides is 1. The van der Waals surface area contributed by atoms with E-state index in [0.717, 1.165) is 36.2 Å². The molecule has 1 aliphatic heterocycles. The van der Waals surface area contributed by atoms with E-state index in [4.69, 9.17) is 4.74 Å². The number of nitrogens with one attached hydrogen (secondary N) is 1. The zero-order chi connectivity index (χ0) is 22.5. The Balaban J connectivity index is 1.18. The maximum absolute atomic E-state index is 12.8. The van der Waals surface area contributed by atoms with Crippen LogP contribution in [0.4, 0.5) is 0 Å². The minimum absolute atomic E-state index is 0.0308. The molecule has 0 spiro atoms. The average Bonchev–Trinajstić information content (AvgIpc) is 3.26. The van der Waals surface area contributed by atoms with Crippen molar-refractivity contribution in [2.75, 3.05) is 26.2 Å². The van der Waals surface area contributed by atoms with E-state index in [1.54, 1.807) is 12.4 Å². The van der Waals surface area contributed by atoms with Gasteiger partial charge >= 0.3 is 0 Å². The number of hydrogen-bond donors (Lipinski definition) is 1. The predicted molar refractivity (Wildman–Crippen MR) is 127 cm³/mol. The Bertz CT molecular complexity index is 1210. The van der Waals surface area contributed by atoms with Crippen LogP contribution in [-0.4, -0.2) is 57.9 Å². The van der Waals surface area contributed by atoms with Gasteiger partial charge in [-0.2, -0.15) is 5.10 Å². The van der Waals surface area contributed by atoms with Gasteiger partial charge < -0.3 is 10.1 Å². The highest BCUT2D eigenvalue weighted by Crippen LogP contribution is 2.15. The maximum Gasteiger partial charge on any atom is 0.252 e. The minimum Gasteiger partial charge on any atom is -0.374 e. The Morgan fingerprint density at radius 1 is 1.00 bits per heavy atom. The molecule has 3 heterocycles. The highest BCUT2D eigenvalue weighted by Gasteiger charge is 2.21. The van der Waals surface area contributed by atoms with E-state index >= 15 is 0 Å². The molecule has 168 valence electrons. The normalized spacial score (nSPS) is 16.7. The molecule has 0 saturated carbocycles. The van der Waals surface area contributed by atoms with Gasteiger partial charge in [-0.1, -0.05) is 60.7 Å². The van der Waals surface area contributed by atoms with Crippen LogP contribution in [0.1, 0.15) is 21.5 Å². The number of nitrogens with zero attached hydrogens (tertiary/aromatic N) is 4. The summed E-state index contributed by atoms with van der Waals surface area (Å²) < 4.78 is 7.73. The number of hydrogen-bond acceptors (Lipinski definition) is 5. The molecule has 4 aromatic rings. The van der Waals surface area contributed by atoms with Crippen molar-refractivity contribution in [2.24, 2.45) is 0 Å². The van der Waals surface area contributed by atoms with Gasteiger partial charge in [0.15, 0.2) is 5.65 Å². The Morgan fingerprint density at radius 3 is 2.48 bits per heavy atom. The van der Waals surface area contributed by atoms with Gasteiger partial charge in [-0.15, -0.1) is 0 Å². The van der Waals surface area contributed by atoms with Crippen molar-refractivity contribution >= 4 is 16.9 Å². The van der Waals surface area contributed by atoms with Crippen LogP contribution in [-0.2, 0) is 17.8 Å². The summed E-state index contributed by atoms with van der Waals surface area (Å²) in [5, 5.41) is 8.31. The van der Waals surface area contributed by atoms with Gasteiger partial charge in [0.1, 0.15) is 0 Å². The monoisotopic (exact) mass is 441 g/mol. The van der Waals surface area contributed by atoms with E-state index in [1.165, 1.54) is 5.56 Å². The lowest BCUT2D eigenvalue weighted by Gasteiger charge is -2.33. The van der Waals surface area contributed by atoms with Crippen LogP contribution in [0.5, 0.6) is 0 Å². The molecule has 1 atom stereocenters. The molecule has 2 aromatic carbocycles. The van der Waals surface area contributed by atoms with Crippen molar-refractivity contribution < 1.29 is 9.53 Å². The molecule has 7 nitrogen and oxygen atoms in total. The number of ether oxygens (including phenoxy) is 1. The Morgan fingerprint density at radius 2 is 1.73 bits per heavy atom. The molecule has 0 aliphatic carbocycles. The zero-order valence-electron chi connectivity index (χ0n) is 18.4. The number of pyridine rings is 1. The summed E-state index contributed by atoms with van der Waals surface area (Å²) in [6, 6.07) is 22.4. The molecule has 1 fully saturated rings. The summed E-state index contributed by atoms with van der Waals surface area (Å²) in [5.74, 6) is -0.149. The summed E-state index contributed by atoms with van der Waals surface area (Å²) in [5.41, 5.74) is 3.73. The van der Waals surface area contributed by atoms with Gasteiger partial charge in [-0.3, -0.25) is 9.69 Å². The third-order valence-corrected chi connectivity index (χ3v) is 5.88. The third-order valence-electron chi connectivity index (χ3n) is 5.88. The molecule has 33 heavy (non-hydrogen) atoms. The first-order valence-corrected chi connectivity index (χ1v) is 11.3. The second-order valence-electron chi connectivity index (χ2n) is 8.35. The molecule has 0 bridgehead atoms. The highest BCUT2D eigenvalue weighted by molar-refractivity contribution is 5.96. The number of carbonyl (C=O) groups is 1. The van der Waals surface area contributed by atoms with E-state index in [1.807, 2.05) is 35.0 Å².